The Balaban J connectivity index is 2.06. The fraction of sp³-hybridized carbons (Fsp3) is 0.692. The van der Waals surface area contributed by atoms with E-state index >= 15 is 0 Å². The number of hydrogen-bond acceptors (Lipinski definition) is 6. The van der Waals surface area contributed by atoms with Crippen molar-refractivity contribution in [3.63, 3.8) is 0 Å². The highest BCUT2D eigenvalue weighted by Gasteiger charge is 2.29. The number of morpholine rings is 1. The highest BCUT2D eigenvalue weighted by atomic mass is 16.5. The molecule has 1 unspecified atom stereocenters. The Morgan fingerprint density at radius 2 is 1.95 bits per heavy atom. The first-order valence-corrected chi connectivity index (χ1v) is 6.54. The lowest BCUT2D eigenvalue weighted by molar-refractivity contribution is -0.0456. The maximum Gasteiger partial charge on any atom is 0.120 e. The molecule has 6 heteroatoms. The molecule has 0 spiro atoms. The van der Waals surface area contributed by atoms with Crippen LogP contribution in [0.3, 0.4) is 0 Å². The number of aliphatic hydroxyl groups is 3. The third-order valence-corrected chi connectivity index (χ3v) is 3.45. The van der Waals surface area contributed by atoms with Crippen LogP contribution in [0.4, 0.5) is 0 Å². The Morgan fingerprint density at radius 3 is 2.53 bits per heavy atom. The van der Waals surface area contributed by atoms with E-state index in [1.165, 1.54) is 0 Å². The molecular formula is C13H21NO5. The summed E-state index contributed by atoms with van der Waals surface area (Å²) in [7, 11) is 0. The summed E-state index contributed by atoms with van der Waals surface area (Å²) in [5.74, 6) is 0.756. The minimum absolute atomic E-state index is 0.116. The van der Waals surface area contributed by atoms with E-state index in [1.54, 1.807) is 12.3 Å². The van der Waals surface area contributed by atoms with Gasteiger partial charge in [0.15, 0.2) is 0 Å². The van der Waals surface area contributed by atoms with Gasteiger partial charge < -0.3 is 24.5 Å². The zero-order valence-corrected chi connectivity index (χ0v) is 10.8. The molecule has 3 atom stereocenters. The third kappa shape index (κ3) is 3.77. The van der Waals surface area contributed by atoms with Crippen molar-refractivity contribution >= 4 is 0 Å². The molecule has 6 nitrogen and oxygen atoms in total. The molecule has 2 rings (SSSR count). The SMILES string of the molecule is OC[C@@H](O)[C@@H](O)CC(c1ccco1)N1CCOCC1. The molecule has 0 aromatic carbocycles. The molecule has 108 valence electrons. The molecule has 1 aromatic rings. The molecule has 3 N–H and O–H groups in total. The van der Waals surface area contributed by atoms with E-state index in [-0.39, 0.29) is 6.04 Å². The highest BCUT2D eigenvalue weighted by Crippen LogP contribution is 2.27. The quantitative estimate of drug-likeness (QED) is 0.662. The van der Waals surface area contributed by atoms with Crippen molar-refractivity contribution in [2.45, 2.75) is 24.7 Å². The average Bonchev–Trinajstić information content (AvgIpc) is 2.98. The van der Waals surface area contributed by atoms with Crippen LogP contribution in [0.25, 0.3) is 0 Å². The maximum atomic E-state index is 9.91. The van der Waals surface area contributed by atoms with Gasteiger partial charge in [0, 0.05) is 13.1 Å². The Labute approximate surface area is 112 Å². The van der Waals surface area contributed by atoms with Gasteiger partial charge in [0.1, 0.15) is 11.9 Å². The first kappa shape index (κ1) is 14.5. The molecule has 0 aliphatic carbocycles. The number of rotatable bonds is 6. The van der Waals surface area contributed by atoms with Gasteiger partial charge in [0.05, 0.1) is 38.2 Å². The largest absolute Gasteiger partial charge is 0.468 e. The zero-order chi connectivity index (χ0) is 13.7. The fourth-order valence-corrected chi connectivity index (χ4v) is 2.32. The minimum Gasteiger partial charge on any atom is -0.468 e. The van der Waals surface area contributed by atoms with Crippen LogP contribution < -0.4 is 0 Å². The molecule has 0 radical (unpaired) electrons. The van der Waals surface area contributed by atoms with Crippen molar-refractivity contribution in [3.8, 4) is 0 Å². The maximum absolute atomic E-state index is 9.91. The average molecular weight is 271 g/mol. The van der Waals surface area contributed by atoms with Gasteiger partial charge in [0.2, 0.25) is 0 Å². The summed E-state index contributed by atoms with van der Waals surface area (Å²) in [6.07, 6.45) is -0.200. The molecular weight excluding hydrogens is 250 g/mol. The summed E-state index contributed by atoms with van der Waals surface area (Å²) in [6, 6.07) is 3.55. The van der Waals surface area contributed by atoms with Crippen molar-refractivity contribution in [1.82, 2.24) is 4.90 Å². The molecule has 1 aliphatic rings. The van der Waals surface area contributed by atoms with Crippen molar-refractivity contribution in [3.05, 3.63) is 24.2 Å². The van der Waals surface area contributed by atoms with Crippen LogP contribution in [0.2, 0.25) is 0 Å². The van der Waals surface area contributed by atoms with E-state index in [9.17, 15) is 10.2 Å². The second kappa shape index (κ2) is 7.02. The van der Waals surface area contributed by atoms with Gasteiger partial charge in [-0.25, -0.2) is 0 Å². The normalized spacial score (nSPS) is 22.1. The topological polar surface area (TPSA) is 86.3 Å². The Morgan fingerprint density at radius 1 is 1.21 bits per heavy atom. The number of aliphatic hydroxyl groups excluding tert-OH is 3. The van der Waals surface area contributed by atoms with Gasteiger partial charge in [-0.05, 0) is 18.6 Å². The van der Waals surface area contributed by atoms with Gasteiger partial charge in [-0.3, -0.25) is 4.90 Å². The molecule has 2 heterocycles. The standard InChI is InChI=1S/C13H21NO5/c15-9-12(17)11(16)8-10(13-2-1-5-19-13)14-3-6-18-7-4-14/h1-2,5,10-12,15-17H,3-4,6-9H2/t10?,11-,12+/m0/s1. The lowest BCUT2D eigenvalue weighted by atomic mass is 10.0. The lowest BCUT2D eigenvalue weighted by Gasteiger charge is -2.34. The molecule has 1 fully saturated rings. The van der Waals surface area contributed by atoms with Gasteiger partial charge in [-0.2, -0.15) is 0 Å². The third-order valence-electron chi connectivity index (χ3n) is 3.45. The van der Waals surface area contributed by atoms with E-state index < -0.39 is 18.8 Å². The molecule has 19 heavy (non-hydrogen) atoms. The first-order valence-electron chi connectivity index (χ1n) is 6.54. The summed E-state index contributed by atoms with van der Waals surface area (Å²) in [4.78, 5) is 2.16. The second-order valence-electron chi connectivity index (χ2n) is 4.73. The van der Waals surface area contributed by atoms with E-state index in [2.05, 4.69) is 4.90 Å². The van der Waals surface area contributed by atoms with Gasteiger partial charge in [-0.15, -0.1) is 0 Å². The summed E-state index contributed by atoms with van der Waals surface area (Å²) in [5.41, 5.74) is 0. The second-order valence-corrected chi connectivity index (χ2v) is 4.73. The van der Waals surface area contributed by atoms with Crippen LogP contribution in [-0.4, -0.2) is 65.3 Å². The minimum atomic E-state index is -1.13. The van der Waals surface area contributed by atoms with Crippen molar-refractivity contribution in [1.29, 1.82) is 0 Å². The number of nitrogens with zero attached hydrogens (tertiary/aromatic N) is 1. The monoisotopic (exact) mass is 271 g/mol. The number of hydrogen-bond donors (Lipinski definition) is 3. The summed E-state index contributed by atoms with van der Waals surface area (Å²) in [5, 5.41) is 28.3. The fourth-order valence-electron chi connectivity index (χ4n) is 2.32. The predicted octanol–water partition coefficient (Wildman–Crippen LogP) is -0.243. The van der Waals surface area contributed by atoms with Crippen LogP contribution >= 0.6 is 0 Å². The van der Waals surface area contributed by atoms with E-state index in [4.69, 9.17) is 14.3 Å². The lowest BCUT2D eigenvalue weighted by Crippen LogP contribution is -2.42. The molecule has 1 saturated heterocycles. The van der Waals surface area contributed by atoms with Crippen LogP contribution in [0.1, 0.15) is 18.2 Å². The number of furan rings is 1. The van der Waals surface area contributed by atoms with Crippen LogP contribution in [0, 0.1) is 0 Å². The van der Waals surface area contributed by atoms with Crippen molar-refractivity contribution in [2.75, 3.05) is 32.9 Å². The summed E-state index contributed by atoms with van der Waals surface area (Å²) < 4.78 is 10.7. The molecule has 0 bridgehead atoms. The van der Waals surface area contributed by atoms with Crippen molar-refractivity contribution < 1.29 is 24.5 Å². The Kier molecular flexibility index (Phi) is 5.35. The van der Waals surface area contributed by atoms with E-state index in [0.29, 0.717) is 19.6 Å². The zero-order valence-electron chi connectivity index (χ0n) is 10.8. The molecule has 1 aliphatic heterocycles. The molecule has 1 aromatic heterocycles. The first-order chi connectivity index (χ1) is 9.22. The summed E-state index contributed by atoms with van der Waals surface area (Å²) >= 11 is 0. The van der Waals surface area contributed by atoms with Crippen LogP contribution in [-0.2, 0) is 4.74 Å². The number of ether oxygens (including phenoxy) is 1. The van der Waals surface area contributed by atoms with Crippen molar-refractivity contribution in [2.24, 2.45) is 0 Å². The van der Waals surface area contributed by atoms with Gasteiger partial charge >= 0.3 is 0 Å². The smallest absolute Gasteiger partial charge is 0.120 e. The van der Waals surface area contributed by atoms with Gasteiger partial charge in [0.25, 0.3) is 0 Å². The van der Waals surface area contributed by atoms with E-state index in [1.807, 2.05) is 6.07 Å². The van der Waals surface area contributed by atoms with Gasteiger partial charge in [-0.1, -0.05) is 0 Å². The van der Waals surface area contributed by atoms with Crippen LogP contribution in [0.15, 0.2) is 22.8 Å². The van der Waals surface area contributed by atoms with Crippen LogP contribution in [0.5, 0.6) is 0 Å². The molecule has 0 saturated carbocycles. The molecule has 0 amide bonds. The Bertz CT molecular complexity index is 350. The predicted molar refractivity (Wildman–Crippen MR) is 67.6 cm³/mol. The summed E-state index contributed by atoms with van der Waals surface area (Å²) in [6.45, 7) is 2.36. The highest BCUT2D eigenvalue weighted by molar-refractivity contribution is 5.06. The Hall–Kier alpha value is -0.920. The van der Waals surface area contributed by atoms with E-state index in [0.717, 1.165) is 18.8 Å².